The zero-order chi connectivity index (χ0) is 12.0. The summed E-state index contributed by atoms with van der Waals surface area (Å²) >= 11 is 0. The first-order valence-electron chi connectivity index (χ1n) is 5.43. The van der Waals surface area contributed by atoms with Gasteiger partial charge in [0.05, 0.1) is 5.56 Å². The van der Waals surface area contributed by atoms with E-state index in [0.29, 0.717) is 5.56 Å². The summed E-state index contributed by atoms with van der Waals surface area (Å²) in [5.41, 5.74) is 6.20. The van der Waals surface area contributed by atoms with Gasteiger partial charge in [0.1, 0.15) is 11.0 Å². The molecule has 6 heteroatoms. The van der Waals surface area contributed by atoms with Gasteiger partial charge in [0.25, 0.3) is 10.0 Å². The molecule has 3 rings (SSSR count). The molecule has 1 heterocycles. The van der Waals surface area contributed by atoms with E-state index in [9.17, 15) is 8.42 Å². The number of rotatable bonds is 1. The number of benzene rings is 1. The number of nitrogens with zero attached hydrogens (tertiary/aromatic N) is 1. The first kappa shape index (κ1) is 10.7. The molecule has 90 valence electrons. The van der Waals surface area contributed by atoms with Gasteiger partial charge >= 0.3 is 0 Å². The zero-order valence-corrected chi connectivity index (χ0v) is 9.85. The Labute approximate surface area is 99.4 Å². The summed E-state index contributed by atoms with van der Waals surface area (Å²) in [7, 11) is -3.57. The van der Waals surface area contributed by atoms with Crippen LogP contribution in [0.2, 0.25) is 0 Å². The van der Waals surface area contributed by atoms with Crippen LogP contribution in [-0.2, 0) is 14.8 Å². The van der Waals surface area contributed by atoms with Crippen LogP contribution in [0.1, 0.15) is 18.4 Å². The fraction of sp³-hybridized carbons (Fsp3) is 0.364. The Kier molecular flexibility index (Phi) is 2.24. The van der Waals surface area contributed by atoms with Gasteiger partial charge in [-0.15, -0.1) is 4.40 Å². The van der Waals surface area contributed by atoms with Crippen LogP contribution < -0.4 is 5.73 Å². The van der Waals surface area contributed by atoms with Crippen molar-refractivity contribution < 1.29 is 13.2 Å². The standard InChI is InChI=1S/C11H12N2O3S/c12-7-5-8(6-7)16-11-9-3-1-2-4-10(9)17(14,15)13-11/h1-4,7-8H,5-6,12H2. The van der Waals surface area contributed by atoms with Crippen LogP contribution in [0.25, 0.3) is 0 Å². The molecule has 0 bridgehead atoms. The highest BCUT2D eigenvalue weighted by Gasteiger charge is 2.34. The fourth-order valence-electron chi connectivity index (χ4n) is 2.02. The van der Waals surface area contributed by atoms with E-state index in [1.54, 1.807) is 18.2 Å². The van der Waals surface area contributed by atoms with Gasteiger partial charge < -0.3 is 10.5 Å². The zero-order valence-electron chi connectivity index (χ0n) is 9.04. The number of hydrogen-bond donors (Lipinski definition) is 1. The first-order valence-corrected chi connectivity index (χ1v) is 6.87. The molecule has 0 unspecified atom stereocenters. The summed E-state index contributed by atoms with van der Waals surface area (Å²) in [4.78, 5) is 0.221. The molecule has 5 nitrogen and oxygen atoms in total. The third-order valence-electron chi connectivity index (χ3n) is 3.01. The number of ether oxygens (including phenoxy) is 1. The molecule has 2 N–H and O–H groups in total. The van der Waals surface area contributed by atoms with Gasteiger partial charge in [-0.3, -0.25) is 0 Å². The summed E-state index contributed by atoms with van der Waals surface area (Å²) in [6.07, 6.45) is 1.49. The maximum atomic E-state index is 11.7. The number of hydrogen-bond acceptors (Lipinski definition) is 4. The highest BCUT2D eigenvalue weighted by molar-refractivity contribution is 7.90. The molecule has 0 radical (unpaired) electrons. The van der Waals surface area contributed by atoms with Gasteiger partial charge in [0.2, 0.25) is 5.90 Å². The molecular formula is C11H12N2O3S. The van der Waals surface area contributed by atoms with Crippen LogP contribution in [-0.4, -0.2) is 26.5 Å². The molecule has 2 aliphatic rings. The molecule has 0 amide bonds. The molecule has 1 saturated carbocycles. The summed E-state index contributed by atoms with van der Waals surface area (Å²) in [6.45, 7) is 0. The molecule has 0 saturated heterocycles. The number of sulfonamides is 1. The van der Waals surface area contributed by atoms with Crippen LogP contribution in [0, 0.1) is 0 Å². The van der Waals surface area contributed by atoms with Gasteiger partial charge in [-0.25, -0.2) is 0 Å². The Morgan fingerprint density at radius 3 is 2.71 bits per heavy atom. The SMILES string of the molecule is NC1CC(OC2=NS(=O)(=O)c3ccccc32)C1. The minimum Gasteiger partial charge on any atom is -0.473 e. The molecule has 1 fully saturated rings. The summed E-state index contributed by atoms with van der Waals surface area (Å²) < 4.78 is 32.7. The van der Waals surface area contributed by atoms with E-state index in [0.717, 1.165) is 12.8 Å². The van der Waals surface area contributed by atoms with E-state index in [4.69, 9.17) is 10.5 Å². The lowest BCUT2D eigenvalue weighted by Gasteiger charge is -2.32. The molecule has 1 aliphatic carbocycles. The summed E-state index contributed by atoms with van der Waals surface area (Å²) in [5, 5.41) is 0. The van der Waals surface area contributed by atoms with Crippen molar-refractivity contribution in [2.45, 2.75) is 29.9 Å². The van der Waals surface area contributed by atoms with Crippen LogP contribution in [0.15, 0.2) is 33.6 Å². The molecular weight excluding hydrogens is 240 g/mol. The Bertz CT molecular complexity index is 588. The predicted octanol–water partition coefficient (Wildman–Crippen LogP) is 0.642. The monoisotopic (exact) mass is 252 g/mol. The van der Waals surface area contributed by atoms with Gasteiger partial charge in [-0.05, 0) is 25.0 Å². The second-order valence-corrected chi connectivity index (χ2v) is 5.91. The number of nitrogens with two attached hydrogens (primary N) is 1. The van der Waals surface area contributed by atoms with E-state index in [1.165, 1.54) is 6.07 Å². The highest BCUT2D eigenvalue weighted by atomic mass is 32.2. The lowest BCUT2D eigenvalue weighted by Crippen LogP contribution is -2.42. The van der Waals surface area contributed by atoms with Gasteiger partial charge in [-0.1, -0.05) is 12.1 Å². The third-order valence-corrected chi connectivity index (χ3v) is 4.33. The fourth-order valence-corrected chi connectivity index (χ4v) is 3.16. The third kappa shape index (κ3) is 1.73. The lowest BCUT2D eigenvalue weighted by atomic mass is 9.90. The Morgan fingerprint density at radius 1 is 1.29 bits per heavy atom. The maximum absolute atomic E-state index is 11.7. The van der Waals surface area contributed by atoms with Crippen molar-refractivity contribution >= 4 is 15.9 Å². The van der Waals surface area contributed by atoms with Crippen LogP contribution in [0.5, 0.6) is 0 Å². The van der Waals surface area contributed by atoms with Gasteiger partial charge in [0.15, 0.2) is 0 Å². The minimum absolute atomic E-state index is 0.00916. The largest absolute Gasteiger partial charge is 0.473 e. The van der Waals surface area contributed by atoms with Gasteiger partial charge in [0, 0.05) is 6.04 Å². The van der Waals surface area contributed by atoms with E-state index in [1.807, 2.05) is 0 Å². The first-order chi connectivity index (χ1) is 8.06. The van der Waals surface area contributed by atoms with E-state index >= 15 is 0 Å². The average molecular weight is 252 g/mol. The quantitative estimate of drug-likeness (QED) is 0.795. The molecule has 0 aromatic heterocycles. The van der Waals surface area contributed by atoms with Crippen molar-refractivity contribution in [1.82, 2.24) is 0 Å². The topological polar surface area (TPSA) is 81.8 Å². The second-order valence-electron chi connectivity index (χ2n) is 4.34. The average Bonchev–Trinajstić information content (AvgIpc) is 2.50. The van der Waals surface area contributed by atoms with Crippen molar-refractivity contribution in [3.8, 4) is 0 Å². The van der Waals surface area contributed by atoms with Crippen LogP contribution >= 0.6 is 0 Å². The molecule has 1 aromatic carbocycles. The molecule has 1 aliphatic heterocycles. The highest BCUT2D eigenvalue weighted by Crippen LogP contribution is 2.30. The molecule has 17 heavy (non-hydrogen) atoms. The second kappa shape index (κ2) is 3.54. The van der Waals surface area contributed by atoms with Crippen molar-refractivity contribution in [3.05, 3.63) is 29.8 Å². The van der Waals surface area contributed by atoms with Crippen molar-refractivity contribution in [2.75, 3.05) is 0 Å². The smallest absolute Gasteiger partial charge is 0.286 e. The van der Waals surface area contributed by atoms with Gasteiger partial charge in [-0.2, -0.15) is 8.42 Å². The normalized spacial score (nSPS) is 29.1. The van der Waals surface area contributed by atoms with E-state index in [-0.39, 0.29) is 22.9 Å². The molecule has 1 aromatic rings. The van der Waals surface area contributed by atoms with E-state index < -0.39 is 10.0 Å². The van der Waals surface area contributed by atoms with Crippen LogP contribution in [0.3, 0.4) is 0 Å². The lowest BCUT2D eigenvalue weighted by molar-refractivity contribution is 0.0906. The van der Waals surface area contributed by atoms with Crippen LogP contribution in [0.4, 0.5) is 0 Å². The predicted molar refractivity (Wildman–Crippen MR) is 62.2 cm³/mol. The Morgan fingerprint density at radius 2 is 2.00 bits per heavy atom. The summed E-state index contributed by atoms with van der Waals surface area (Å²) in [5.74, 6) is 0.206. The minimum atomic E-state index is -3.57. The molecule has 0 spiro atoms. The van der Waals surface area contributed by atoms with Crippen molar-refractivity contribution in [3.63, 3.8) is 0 Å². The number of fused-ring (bicyclic) bond motifs is 1. The Hall–Kier alpha value is -1.40. The van der Waals surface area contributed by atoms with Crippen molar-refractivity contribution in [1.29, 1.82) is 0 Å². The van der Waals surface area contributed by atoms with E-state index in [2.05, 4.69) is 4.40 Å². The molecule has 0 atom stereocenters. The maximum Gasteiger partial charge on any atom is 0.286 e. The Balaban J connectivity index is 1.92. The van der Waals surface area contributed by atoms with Crippen molar-refractivity contribution in [2.24, 2.45) is 10.1 Å². The summed E-state index contributed by atoms with van der Waals surface area (Å²) in [6, 6.07) is 6.85.